The maximum Gasteiger partial charge on any atom is 0.0938 e. The third-order valence-corrected chi connectivity index (χ3v) is 5.99. The molecule has 3 rings (SSSR count). The Morgan fingerprint density at radius 1 is 1.08 bits per heavy atom. The molecular weight excluding hydrogens is 294 g/mol. The van der Waals surface area contributed by atoms with Gasteiger partial charge in [0.05, 0.1) is 5.82 Å². The first-order valence-electron chi connectivity index (χ1n) is 10.0. The van der Waals surface area contributed by atoms with E-state index in [0.717, 1.165) is 37.9 Å². The van der Waals surface area contributed by atoms with Crippen molar-refractivity contribution in [3.05, 3.63) is 35.7 Å². The molecule has 24 heavy (non-hydrogen) atoms. The standard InChI is InChI=1S/C21H35N3/c1-18-8-4-5-9-20(18)10-13-22-19(2)23-16-11-21(12-17-23)24-14-6-3-7-15-24/h8-9,21-22H,2-7,10-17H2,1H3. The van der Waals surface area contributed by atoms with E-state index in [4.69, 9.17) is 0 Å². The Labute approximate surface area is 148 Å². The average Bonchev–Trinajstić information content (AvgIpc) is 2.64. The molecule has 3 heteroatoms. The highest BCUT2D eigenvalue weighted by molar-refractivity contribution is 5.31. The second-order valence-corrected chi connectivity index (χ2v) is 7.63. The van der Waals surface area contributed by atoms with Crippen LogP contribution in [-0.4, -0.2) is 48.6 Å². The Hall–Kier alpha value is -1.22. The summed E-state index contributed by atoms with van der Waals surface area (Å²) in [7, 11) is 0. The maximum atomic E-state index is 4.28. The molecule has 2 aliphatic heterocycles. The van der Waals surface area contributed by atoms with Gasteiger partial charge in [0, 0.05) is 25.7 Å². The van der Waals surface area contributed by atoms with Crippen molar-refractivity contribution >= 4 is 0 Å². The minimum Gasteiger partial charge on any atom is -0.372 e. The molecule has 0 bridgehead atoms. The number of nitrogens with zero attached hydrogens (tertiary/aromatic N) is 2. The van der Waals surface area contributed by atoms with Crippen molar-refractivity contribution in [2.75, 3.05) is 32.7 Å². The van der Waals surface area contributed by atoms with Gasteiger partial charge in [-0.05, 0) is 70.5 Å². The molecule has 1 aliphatic carbocycles. The Kier molecular flexibility index (Phi) is 6.42. The van der Waals surface area contributed by atoms with E-state index >= 15 is 0 Å². The Bertz CT molecular complexity index is 477. The van der Waals surface area contributed by atoms with Crippen LogP contribution in [0.1, 0.15) is 58.3 Å². The van der Waals surface area contributed by atoms with Crippen LogP contribution in [0.25, 0.3) is 0 Å². The maximum absolute atomic E-state index is 4.28. The van der Waals surface area contributed by atoms with Crippen molar-refractivity contribution in [3.63, 3.8) is 0 Å². The van der Waals surface area contributed by atoms with Gasteiger partial charge in [-0.1, -0.05) is 30.7 Å². The largest absolute Gasteiger partial charge is 0.372 e. The van der Waals surface area contributed by atoms with Crippen LogP contribution in [-0.2, 0) is 0 Å². The minimum atomic E-state index is 0.814. The molecule has 1 N–H and O–H groups in total. The first kappa shape index (κ1) is 17.6. The fraction of sp³-hybridized carbons (Fsp3) is 0.714. The zero-order valence-corrected chi connectivity index (χ0v) is 15.5. The monoisotopic (exact) mass is 329 g/mol. The molecule has 2 fully saturated rings. The summed E-state index contributed by atoms with van der Waals surface area (Å²) in [6.07, 6.45) is 15.1. The van der Waals surface area contributed by atoms with E-state index in [2.05, 4.69) is 40.8 Å². The molecule has 2 saturated heterocycles. The van der Waals surface area contributed by atoms with Crippen molar-refractivity contribution in [3.8, 4) is 0 Å². The molecule has 0 aromatic carbocycles. The molecule has 0 aromatic heterocycles. The molecule has 2 heterocycles. The molecule has 3 aliphatic rings. The quantitative estimate of drug-likeness (QED) is 0.793. The number of piperidine rings is 2. The number of rotatable bonds is 6. The van der Waals surface area contributed by atoms with E-state index < -0.39 is 0 Å². The van der Waals surface area contributed by atoms with Gasteiger partial charge in [-0.3, -0.25) is 0 Å². The fourth-order valence-electron chi connectivity index (χ4n) is 4.39. The molecule has 0 amide bonds. The zero-order valence-electron chi connectivity index (χ0n) is 15.5. The number of allylic oxidation sites excluding steroid dienone is 3. The van der Waals surface area contributed by atoms with Crippen molar-refractivity contribution in [2.24, 2.45) is 0 Å². The second kappa shape index (κ2) is 8.75. The first-order valence-corrected chi connectivity index (χ1v) is 10.0. The second-order valence-electron chi connectivity index (χ2n) is 7.63. The fourth-order valence-corrected chi connectivity index (χ4v) is 4.39. The average molecular weight is 330 g/mol. The van der Waals surface area contributed by atoms with Crippen molar-refractivity contribution in [1.29, 1.82) is 0 Å². The number of likely N-dealkylation sites (tertiary alicyclic amines) is 2. The molecule has 0 atom stereocenters. The summed E-state index contributed by atoms with van der Waals surface area (Å²) >= 11 is 0. The van der Waals surface area contributed by atoms with Crippen LogP contribution in [0.4, 0.5) is 0 Å². The molecule has 0 aromatic rings. The zero-order chi connectivity index (χ0) is 16.8. The first-order chi connectivity index (χ1) is 11.7. The number of hydrogen-bond donors (Lipinski definition) is 1. The van der Waals surface area contributed by atoms with Gasteiger partial charge in [0.15, 0.2) is 0 Å². The lowest BCUT2D eigenvalue weighted by Crippen LogP contribution is -2.47. The summed E-state index contributed by atoms with van der Waals surface area (Å²) in [5.74, 6) is 1.13. The van der Waals surface area contributed by atoms with Crippen LogP contribution in [0.5, 0.6) is 0 Å². The van der Waals surface area contributed by atoms with Gasteiger partial charge in [0.2, 0.25) is 0 Å². The number of hydrogen-bond acceptors (Lipinski definition) is 3. The summed E-state index contributed by atoms with van der Waals surface area (Å²) in [6, 6.07) is 0.814. The topological polar surface area (TPSA) is 18.5 Å². The summed E-state index contributed by atoms with van der Waals surface area (Å²) in [6.45, 7) is 12.5. The highest BCUT2D eigenvalue weighted by atomic mass is 15.3. The van der Waals surface area contributed by atoms with E-state index in [1.165, 1.54) is 69.2 Å². The SMILES string of the molecule is C=C(NCCC1=CCCC=C1C)N1CCC(N2CCCCC2)CC1. The van der Waals surface area contributed by atoms with Gasteiger partial charge in [-0.25, -0.2) is 0 Å². The third kappa shape index (κ3) is 4.66. The molecule has 0 unspecified atom stereocenters. The van der Waals surface area contributed by atoms with Gasteiger partial charge in [-0.2, -0.15) is 0 Å². The van der Waals surface area contributed by atoms with Crippen LogP contribution >= 0.6 is 0 Å². The van der Waals surface area contributed by atoms with E-state index in [1.54, 1.807) is 0 Å². The Morgan fingerprint density at radius 3 is 2.50 bits per heavy atom. The Morgan fingerprint density at radius 2 is 1.79 bits per heavy atom. The van der Waals surface area contributed by atoms with Gasteiger partial charge in [0.1, 0.15) is 0 Å². The lowest BCUT2D eigenvalue weighted by molar-refractivity contribution is 0.103. The van der Waals surface area contributed by atoms with Crippen LogP contribution < -0.4 is 5.32 Å². The molecule has 3 nitrogen and oxygen atoms in total. The highest BCUT2D eigenvalue weighted by Gasteiger charge is 2.25. The van der Waals surface area contributed by atoms with Gasteiger partial charge >= 0.3 is 0 Å². The van der Waals surface area contributed by atoms with Gasteiger partial charge < -0.3 is 15.1 Å². The summed E-state index contributed by atoms with van der Waals surface area (Å²) in [5, 5.41) is 3.56. The molecular formula is C21H35N3. The third-order valence-electron chi connectivity index (χ3n) is 5.99. The van der Waals surface area contributed by atoms with Gasteiger partial charge in [-0.15, -0.1) is 0 Å². The summed E-state index contributed by atoms with van der Waals surface area (Å²) in [5.41, 5.74) is 2.99. The van der Waals surface area contributed by atoms with Crippen molar-refractivity contribution in [2.45, 2.75) is 64.3 Å². The van der Waals surface area contributed by atoms with Crippen LogP contribution in [0.2, 0.25) is 0 Å². The lowest BCUT2D eigenvalue weighted by Gasteiger charge is -2.41. The molecule has 134 valence electrons. The molecule has 0 saturated carbocycles. The normalized spacial score (nSPS) is 23.6. The summed E-state index contributed by atoms with van der Waals surface area (Å²) < 4.78 is 0. The van der Waals surface area contributed by atoms with Crippen molar-refractivity contribution in [1.82, 2.24) is 15.1 Å². The van der Waals surface area contributed by atoms with Crippen LogP contribution in [0, 0.1) is 0 Å². The van der Waals surface area contributed by atoms with E-state index in [-0.39, 0.29) is 0 Å². The van der Waals surface area contributed by atoms with Crippen LogP contribution in [0.15, 0.2) is 35.7 Å². The van der Waals surface area contributed by atoms with Crippen molar-refractivity contribution < 1.29 is 0 Å². The molecule has 0 radical (unpaired) electrons. The highest BCUT2D eigenvalue weighted by Crippen LogP contribution is 2.23. The van der Waals surface area contributed by atoms with E-state index in [9.17, 15) is 0 Å². The lowest BCUT2D eigenvalue weighted by atomic mass is 9.97. The molecule has 0 spiro atoms. The van der Waals surface area contributed by atoms with E-state index in [1.807, 2.05) is 0 Å². The minimum absolute atomic E-state index is 0.814. The number of nitrogens with one attached hydrogen (secondary N) is 1. The summed E-state index contributed by atoms with van der Waals surface area (Å²) in [4.78, 5) is 5.19. The smallest absolute Gasteiger partial charge is 0.0938 e. The predicted molar refractivity (Wildman–Crippen MR) is 103 cm³/mol. The Balaban J connectivity index is 1.36. The van der Waals surface area contributed by atoms with Gasteiger partial charge in [0.25, 0.3) is 0 Å². The van der Waals surface area contributed by atoms with Crippen LogP contribution in [0.3, 0.4) is 0 Å². The predicted octanol–water partition coefficient (Wildman–Crippen LogP) is 4.05. The van der Waals surface area contributed by atoms with E-state index in [0.29, 0.717) is 0 Å².